The van der Waals surface area contributed by atoms with Gasteiger partial charge in [-0.05, 0) is 47.2 Å². The summed E-state index contributed by atoms with van der Waals surface area (Å²) in [5, 5.41) is 3.55. The van der Waals surface area contributed by atoms with Crippen LogP contribution in [-0.2, 0) is 6.54 Å². The molecule has 0 radical (unpaired) electrons. The van der Waals surface area contributed by atoms with Crippen LogP contribution in [0.3, 0.4) is 0 Å². The zero-order chi connectivity index (χ0) is 13.7. The topological polar surface area (TPSA) is 21.3 Å². The Bertz CT molecular complexity index is 404. The minimum atomic E-state index is 0.612. The van der Waals surface area contributed by atoms with Crippen molar-refractivity contribution in [1.29, 1.82) is 0 Å². The molecule has 1 aliphatic carbocycles. The number of nitrogens with one attached hydrogen (secondary N) is 1. The monoisotopic (exact) mass is 325 g/mol. The maximum atomic E-state index is 6.05. The summed E-state index contributed by atoms with van der Waals surface area (Å²) >= 11 is 3.61. The van der Waals surface area contributed by atoms with E-state index in [1.807, 2.05) is 0 Å². The first-order valence-electron chi connectivity index (χ1n) is 7.34. The van der Waals surface area contributed by atoms with Gasteiger partial charge in [0.15, 0.2) is 0 Å². The van der Waals surface area contributed by atoms with Crippen LogP contribution in [0.1, 0.15) is 45.1 Å². The normalized spacial score (nSPS) is 16.4. The van der Waals surface area contributed by atoms with E-state index in [0.717, 1.165) is 29.4 Å². The standard InChI is InChI=1S/C16H24BrNO/c1-3-5-12(2)11-19-16-13(6-4-7-15(16)17)10-18-14-8-9-14/h4,6-7,12,14,18H,3,5,8-11H2,1-2H3. The second-order valence-electron chi connectivity index (χ2n) is 5.59. The highest BCUT2D eigenvalue weighted by atomic mass is 79.9. The molecule has 0 amide bonds. The molecule has 1 atom stereocenters. The highest BCUT2D eigenvalue weighted by molar-refractivity contribution is 9.10. The summed E-state index contributed by atoms with van der Waals surface area (Å²) in [5.41, 5.74) is 1.25. The predicted molar refractivity (Wildman–Crippen MR) is 83.6 cm³/mol. The van der Waals surface area contributed by atoms with E-state index in [1.54, 1.807) is 0 Å². The Morgan fingerprint density at radius 2 is 2.21 bits per heavy atom. The molecule has 1 saturated carbocycles. The van der Waals surface area contributed by atoms with Gasteiger partial charge in [-0.15, -0.1) is 0 Å². The molecule has 0 heterocycles. The zero-order valence-electron chi connectivity index (χ0n) is 11.9. The van der Waals surface area contributed by atoms with Crippen LogP contribution in [0, 0.1) is 5.92 Å². The van der Waals surface area contributed by atoms with E-state index >= 15 is 0 Å². The van der Waals surface area contributed by atoms with E-state index in [0.29, 0.717) is 5.92 Å². The third-order valence-electron chi connectivity index (χ3n) is 3.50. The molecule has 0 aliphatic heterocycles. The second-order valence-corrected chi connectivity index (χ2v) is 6.44. The molecule has 1 aromatic carbocycles. The van der Waals surface area contributed by atoms with Crippen molar-refractivity contribution >= 4 is 15.9 Å². The number of para-hydroxylation sites is 1. The van der Waals surface area contributed by atoms with Gasteiger partial charge < -0.3 is 10.1 Å². The summed E-state index contributed by atoms with van der Waals surface area (Å²) in [6, 6.07) is 7.02. The number of ether oxygens (including phenoxy) is 1. The van der Waals surface area contributed by atoms with Crippen LogP contribution < -0.4 is 10.1 Å². The molecule has 2 rings (SSSR count). The summed E-state index contributed by atoms with van der Waals surface area (Å²) in [4.78, 5) is 0. The van der Waals surface area contributed by atoms with Gasteiger partial charge in [-0.1, -0.05) is 32.4 Å². The molecule has 0 aromatic heterocycles. The summed E-state index contributed by atoms with van der Waals surface area (Å²) in [6.45, 7) is 6.18. The van der Waals surface area contributed by atoms with Gasteiger partial charge in [0.2, 0.25) is 0 Å². The third kappa shape index (κ3) is 4.81. The number of halogens is 1. The first kappa shape index (κ1) is 14.9. The summed E-state index contributed by atoms with van der Waals surface area (Å²) in [5.74, 6) is 1.62. The molecule has 1 aromatic rings. The van der Waals surface area contributed by atoms with Crippen molar-refractivity contribution in [2.24, 2.45) is 5.92 Å². The lowest BCUT2D eigenvalue weighted by molar-refractivity contribution is 0.247. The second kappa shape index (κ2) is 7.30. The lowest BCUT2D eigenvalue weighted by Gasteiger charge is -2.17. The average Bonchev–Trinajstić information content (AvgIpc) is 3.19. The zero-order valence-corrected chi connectivity index (χ0v) is 13.5. The molecule has 0 saturated heterocycles. The molecule has 1 N–H and O–H groups in total. The van der Waals surface area contributed by atoms with Gasteiger partial charge >= 0.3 is 0 Å². The number of hydrogen-bond donors (Lipinski definition) is 1. The van der Waals surface area contributed by atoms with Crippen molar-refractivity contribution in [3.63, 3.8) is 0 Å². The number of rotatable bonds is 8. The highest BCUT2D eigenvalue weighted by Crippen LogP contribution is 2.30. The van der Waals surface area contributed by atoms with Gasteiger partial charge in [0.05, 0.1) is 11.1 Å². The molecule has 1 unspecified atom stereocenters. The van der Waals surface area contributed by atoms with Gasteiger partial charge in [-0.2, -0.15) is 0 Å². The Morgan fingerprint density at radius 3 is 2.89 bits per heavy atom. The number of hydrogen-bond acceptors (Lipinski definition) is 2. The van der Waals surface area contributed by atoms with Crippen LogP contribution in [0.25, 0.3) is 0 Å². The van der Waals surface area contributed by atoms with Crippen LogP contribution >= 0.6 is 15.9 Å². The molecule has 3 heteroatoms. The smallest absolute Gasteiger partial charge is 0.137 e. The molecule has 106 valence electrons. The Morgan fingerprint density at radius 1 is 1.42 bits per heavy atom. The molecule has 19 heavy (non-hydrogen) atoms. The van der Waals surface area contributed by atoms with Crippen LogP contribution in [0.5, 0.6) is 5.75 Å². The van der Waals surface area contributed by atoms with E-state index in [1.165, 1.54) is 31.2 Å². The SMILES string of the molecule is CCCC(C)COc1c(Br)cccc1CNC1CC1. The van der Waals surface area contributed by atoms with Crippen LogP contribution in [-0.4, -0.2) is 12.6 Å². The highest BCUT2D eigenvalue weighted by Gasteiger charge is 2.21. The third-order valence-corrected chi connectivity index (χ3v) is 4.13. The molecule has 1 aliphatic rings. The summed E-state index contributed by atoms with van der Waals surface area (Å²) < 4.78 is 7.11. The molecule has 1 fully saturated rings. The number of benzene rings is 1. The fourth-order valence-electron chi connectivity index (χ4n) is 2.20. The van der Waals surface area contributed by atoms with E-state index in [9.17, 15) is 0 Å². The minimum Gasteiger partial charge on any atom is -0.492 e. The summed E-state index contributed by atoms with van der Waals surface area (Å²) in [6.07, 6.45) is 5.08. The van der Waals surface area contributed by atoms with Gasteiger partial charge in [-0.25, -0.2) is 0 Å². The van der Waals surface area contributed by atoms with Gasteiger partial charge in [0.1, 0.15) is 5.75 Å². The van der Waals surface area contributed by atoms with E-state index in [2.05, 4.69) is 53.3 Å². The Balaban J connectivity index is 1.95. The first-order valence-corrected chi connectivity index (χ1v) is 8.13. The maximum Gasteiger partial charge on any atom is 0.137 e. The molecule has 2 nitrogen and oxygen atoms in total. The fraction of sp³-hybridized carbons (Fsp3) is 0.625. The molecular weight excluding hydrogens is 302 g/mol. The first-order chi connectivity index (χ1) is 9.20. The fourth-order valence-corrected chi connectivity index (χ4v) is 2.72. The predicted octanol–water partition coefficient (Wildman–Crippen LogP) is 4.52. The Kier molecular flexibility index (Phi) is 5.71. The average molecular weight is 326 g/mol. The largest absolute Gasteiger partial charge is 0.492 e. The Hall–Kier alpha value is -0.540. The molecular formula is C16H24BrNO. The summed E-state index contributed by atoms with van der Waals surface area (Å²) in [7, 11) is 0. The van der Waals surface area contributed by atoms with Gasteiger partial charge in [0.25, 0.3) is 0 Å². The van der Waals surface area contributed by atoms with Gasteiger partial charge in [0, 0.05) is 18.2 Å². The van der Waals surface area contributed by atoms with Crippen molar-refractivity contribution in [3.05, 3.63) is 28.2 Å². The van der Waals surface area contributed by atoms with Gasteiger partial charge in [-0.3, -0.25) is 0 Å². The van der Waals surface area contributed by atoms with Crippen molar-refractivity contribution in [1.82, 2.24) is 5.32 Å². The van der Waals surface area contributed by atoms with Crippen LogP contribution in [0.15, 0.2) is 22.7 Å². The van der Waals surface area contributed by atoms with Crippen LogP contribution in [0.4, 0.5) is 0 Å². The van der Waals surface area contributed by atoms with E-state index in [-0.39, 0.29) is 0 Å². The lowest BCUT2D eigenvalue weighted by Crippen LogP contribution is -2.17. The van der Waals surface area contributed by atoms with Crippen molar-refractivity contribution in [2.45, 2.75) is 52.1 Å². The quantitative estimate of drug-likeness (QED) is 0.758. The van der Waals surface area contributed by atoms with Crippen molar-refractivity contribution in [3.8, 4) is 5.75 Å². The van der Waals surface area contributed by atoms with Crippen molar-refractivity contribution in [2.75, 3.05) is 6.61 Å². The molecule has 0 spiro atoms. The van der Waals surface area contributed by atoms with E-state index in [4.69, 9.17) is 4.74 Å². The van der Waals surface area contributed by atoms with Crippen LogP contribution in [0.2, 0.25) is 0 Å². The maximum absolute atomic E-state index is 6.05. The minimum absolute atomic E-state index is 0.612. The van der Waals surface area contributed by atoms with Crippen molar-refractivity contribution < 1.29 is 4.74 Å². The Labute approximate surface area is 125 Å². The molecule has 0 bridgehead atoms. The van der Waals surface area contributed by atoms with E-state index < -0.39 is 0 Å². The lowest BCUT2D eigenvalue weighted by atomic mass is 10.1.